The van der Waals surface area contributed by atoms with Gasteiger partial charge >= 0.3 is 0 Å². The fourth-order valence-electron chi connectivity index (χ4n) is 4.16. The number of amidine groups is 1. The molecule has 2 aliphatic rings. The van der Waals surface area contributed by atoms with Gasteiger partial charge in [-0.05, 0) is 49.4 Å². The molecule has 0 unspecified atom stereocenters. The van der Waals surface area contributed by atoms with E-state index < -0.39 is 0 Å². The minimum atomic E-state index is 0.607. The van der Waals surface area contributed by atoms with Gasteiger partial charge in [0.25, 0.3) is 0 Å². The number of hydrogen-bond acceptors (Lipinski definition) is 3. The molecule has 2 aliphatic heterocycles. The number of piperazine rings is 1. The van der Waals surface area contributed by atoms with E-state index >= 15 is 0 Å². The first-order valence-corrected chi connectivity index (χ1v) is 10.6. The molecule has 4 rings (SSSR count). The Hall–Kier alpha value is -2.39. The van der Waals surface area contributed by atoms with Crippen molar-refractivity contribution in [3.63, 3.8) is 0 Å². The summed E-state index contributed by atoms with van der Waals surface area (Å²) in [6.07, 6.45) is 4.39. The van der Waals surface area contributed by atoms with Crippen LogP contribution in [0.4, 0.5) is 5.69 Å². The molecular formula is C25H31N3. The van der Waals surface area contributed by atoms with Gasteiger partial charge in [0.2, 0.25) is 0 Å². The molecule has 0 saturated carbocycles. The third-order valence-electron chi connectivity index (χ3n) is 5.97. The van der Waals surface area contributed by atoms with Gasteiger partial charge in [-0.1, -0.05) is 55.5 Å². The lowest BCUT2D eigenvalue weighted by atomic mass is 10.0. The molecule has 0 amide bonds. The van der Waals surface area contributed by atoms with Gasteiger partial charge in [-0.2, -0.15) is 0 Å². The standard InChI is InChI=1S/C25H31N3/c1-4-20-10-13-24-22(18-20)11-12-23(21-8-6-5-7-9-21)25(26-24)28-16-14-27(15-17-28)19(2)3/h5-10,12-13,18-19H,4,11,14-17H2,1-3H3. The molecule has 1 saturated heterocycles. The van der Waals surface area contributed by atoms with Crippen molar-refractivity contribution in [1.82, 2.24) is 9.80 Å². The SMILES string of the molecule is CCc1ccc2c(c1)CC=C(c1ccccc1)C(N1CCN(C(C)C)CC1)=N2. The number of nitrogens with zero attached hydrogens (tertiary/aromatic N) is 3. The first kappa shape index (κ1) is 18.9. The first-order valence-electron chi connectivity index (χ1n) is 10.6. The van der Waals surface area contributed by atoms with Gasteiger partial charge in [0.05, 0.1) is 5.69 Å². The molecule has 2 heterocycles. The van der Waals surface area contributed by atoms with Crippen LogP contribution in [0.5, 0.6) is 0 Å². The normalized spacial score (nSPS) is 17.8. The molecule has 0 atom stereocenters. The lowest BCUT2D eigenvalue weighted by molar-refractivity contribution is 0.149. The Balaban J connectivity index is 1.72. The van der Waals surface area contributed by atoms with Crippen LogP contribution in [0.25, 0.3) is 5.57 Å². The summed E-state index contributed by atoms with van der Waals surface area (Å²) in [4.78, 5) is 10.3. The van der Waals surface area contributed by atoms with Gasteiger partial charge in [-0.15, -0.1) is 0 Å². The zero-order valence-electron chi connectivity index (χ0n) is 17.4. The van der Waals surface area contributed by atoms with E-state index in [2.05, 4.69) is 85.2 Å². The van der Waals surface area contributed by atoms with E-state index in [9.17, 15) is 0 Å². The Morgan fingerprint density at radius 2 is 1.71 bits per heavy atom. The number of rotatable bonds is 3. The second kappa shape index (κ2) is 8.32. The lowest BCUT2D eigenvalue weighted by Gasteiger charge is -2.39. The van der Waals surface area contributed by atoms with Crippen LogP contribution in [0, 0.1) is 0 Å². The van der Waals surface area contributed by atoms with Crippen molar-refractivity contribution in [3.8, 4) is 0 Å². The third-order valence-corrected chi connectivity index (χ3v) is 5.97. The van der Waals surface area contributed by atoms with Crippen LogP contribution in [0.1, 0.15) is 37.5 Å². The Kier molecular flexibility index (Phi) is 5.63. The molecule has 0 radical (unpaired) electrons. The zero-order chi connectivity index (χ0) is 19.5. The predicted molar refractivity (Wildman–Crippen MR) is 119 cm³/mol. The minimum absolute atomic E-state index is 0.607. The largest absolute Gasteiger partial charge is 0.354 e. The van der Waals surface area contributed by atoms with Crippen molar-refractivity contribution < 1.29 is 0 Å². The number of allylic oxidation sites excluding steroid dienone is 1. The van der Waals surface area contributed by atoms with Gasteiger partial charge < -0.3 is 4.90 Å². The summed E-state index contributed by atoms with van der Waals surface area (Å²) < 4.78 is 0. The number of hydrogen-bond donors (Lipinski definition) is 0. The topological polar surface area (TPSA) is 18.8 Å². The number of benzene rings is 2. The maximum absolute atomic E-state index is 5.22. The average molecular weight is 374 g/mol. The summed E-state index contributed by atoms with van der Waals surface area (Å²) >= 11 is 0. The quantitative estimate of drug-likeness (QED) is 0.758. The highest BCUT2D eigenvalue weighted by Crippen LogP contribution is 2.31. The van der Waals surface area contributed by atoms with Gasteiger partial charge in [0.1, 0.15) is 5.84 Å². The van der Waals surface area contributed by atoms with Crippen LogP contribution >= 0.6 is 0 Å². The predicted octanol–water partition coefficient (Wildman–Crippen LogP) is 4.94. The molecule has 0 aromatic heterocycles. The smallest absolute Gasteiger partial charge is 0.136 e. The second-order valence-electron chi connectivity index (χ2n) is 8.06. The number of fused-ring (bicyclic) bond motifs is 1. The molecule has 0 N–H and O–H groups in total. The van der Waals surface area contributed by atoms with E-state index in [1.54, 1.807) is 0 Å². The van der Waals surface area contributed by atoms with Crippen molar-refractivity contribution >= 4 is 17.1 Å². The summed E-state index contributed by atoms with van der Waals surface area (Å²) in [5.74, 6) is 1.14. The van der Waals surface area contributed by atoms with Crippen LogP contribution in [0.15, 0.2) is 59.6 Å². The monoisotopic (exact) mass is 373 g/mol. The van der Waals surface area contributed by atoms with Crippen molar-refractivity contribution in [2.24, 2.45) is 4.99 Å². The fraction of sp³-hybridized carbons (Fsp3) is 0.400. The molecule has 0 spiro atoms. The fourth-order valence-corrected chi connectivity index (χ4v) is 4.16. The summed E-state index contributed by atoms with van der Waals surface area (Å²) in [5.41, 5.74) is 6.38. The van der Waals surface area contributed by atoms with Gasteiger partial charge in [-0.25, -0.2) is 4.99 Å². The van der Waals surface area contributed by atoms with Crippen LogP contribution < -0.4 is 0 Å². The molecule has 3 heteroatoms. The highest BCUT2D eigenvalue weighted by atomic mass is 15.3. The summed E-state index contributed by atoms with van der Waals surface area (Å²) in [6, 6.07) is 18.1. The van der Waals surface area contributed by atoms with E-state index in [-0.39, 0.29) is 0 Å². The molecule has 28 heavy (non-hydrogen) atoms. The lowest BCUT2D eigenvalue weighted by Crippen LogP contribution is -2.50. The van der Waals surface area contributed by atoms with Crippen molar-refractivity contribution in [2.75, 3.05) is 26.2 Å². The highest BCUT2D eigenvalue weighted by molar-refractivity contribution is 6.23. The molecule has 0 aliphatic carbocycles. The molecule has 2 aromatic rings. The van der Waals surface area contributed by atoms with E-state index in [0.717, 1.165) is 50.5 Å². The van der Waals surface area contributed by atoms with Gasteiger partial charge in [-0.3, -0.25) is 4.90 Å². The van der Waals surface area contributed by atoms with E-state index in [1.165, 1.54) is 22.3 Å². The summed E-state index contributed by atoms with van der Waals surface area (Å²) in [5, 5.41) is 0. The van der Waals surface area contributed by atoms with Crippen LogP contribution in [0.2, 0.25) is 0 Å². The molecule has 1 fully saturated rings. The average Bonchev–Trinajstić information content (AvgIpc) is 2.93. The first-order chi connectivity index (χ1) is 13.7. The van der Waals surface area contributed by atoms with Crippen molar-refractivity contribution in [1.29, 1.82) is 0 Å². The molecule has 146 valence electrons. The maximum Gasteiger partial charge on any atom is 0.136 e. The van der Waals surface area contributed by atoms with E-state index in [4.69, 9.17) is 4.99 Å². The van der Waals surface area contributed by atoms with Crippen molar-refractivity contribution in [3.05, 3.63) is 71.3 Å². The van der Waals surface area contributed by atoms with Crippen LogP contribution in [-0.2, 0) is 12.8 Å². The maximum atomic E-state index is 5.22. The molecule has 3 nitrogen and oxygen atoms in total. The third kappa shape index (κ3) is 3.90. The summed E-state index contributed by atoms with van der Waals surface area (Å²) in [7, 11) is 0. The Morgan fingerprint density at radius 3 is 2.39 bits per heavy atom. The van der Waals surface area contributed by atoms with Crippen LogP contribution in [-0.4, -0.2) is 47.9 Å². The molecule has 0 bridgehead atoms. The summed E-state index contributed by atoms with van der Waals surface area (Å²) in [6.45, 7) is 11.0. The molecule has 2 aromatic carbocycles. The Morgan fingerprint density at radius 1 is 0.964 bits per heavy atom. The van der Waals surface area contributed by atoms with E-state index in [1.807, 2.05) is 0 Å². The van der Waals surface area contributed by atoms with Crippen LogP contribution in [0.3, 0.4) is 0 Å². The zero-order valence-corrected chi connectivity index (χ0v) is 17.4. The van der Waals surface area contributed by atoms with Gasteiger partial charge in [0, 0.05) is 37.8 Å². The second-order valence-corrected chi connectivity index (χ2v) is 8.06. The highest BCUT2D eigenvalue weighted by Gasteiger charge is 2.25. The number of aryl methyl sites for hydroxylation is 1. The minimum Gasteiger partial charge on any atom is -0.354 e. The number of aliphatic imine (C=N–C) groups is 1. The van der Waals surface area contributed by atoms with Gasteiger partial charge in [0.15, 0.2) is 0 Å². The van der Waals surface area contributed by atoms with E-state index in [0.29, 0.717) is 6.04 Å². The Labute approximate surface area is 169 Å². The van der Waals surface area contributed by atoms with Crippen molar-refractivity contribution in [2.45, 2.75) is 39.7 Å². The molecular weight excluding hydrogens is 342 g/mol. The Bertz CT molecular complexity index is 872.